The third kappa shape index (κ3) is 6.88. The first-order valence-corrected chi connectivity index (χ1v) is 11.1. The number of carbonyl (C=O) groups excluding carboxylic acids is 3. The number of hydrogen-bond acceptors (Lipinski definition) is 6. The Balaban J connectivity index is 1.86. The highest BCUT2D eigenvalue weighted by atomic mass is 32.2. The van der Waals surface area contributed by atoms with Gasteiger partial charge in [0.05, 0.1) is 12.9 Å². The number of primary amides is 1. The van der Waals surface area contributed by atoms with Crippen molar-refractivity contribution in [1.82, 2.24) is 5.32 Å². The maximum Gasteiger partial charge on any atom is 0.272 e. The molecule has 0 saturated carbocycles. The predicted octanol–water partition coefficient (Wildman–Crippen LogP) is 3.39. The van der Waals surface area contributed by atoms with Crippen molar-refractivity contribution in [2.75, 3.05) is 18.2 Å². The molecule has 0 unspecified atom stereocenters. The van der Waals surface area contributed by atoms with Gasteiger partial charge in [-0.25, -0.2) is 0 Å². The minimum absolute atomic E-state index is 0.00242. The molecule has 0 radical (unpaired) electrons. The minimum atomic E-state index is -0.558. The van der Waals surface area contributed by atoms with Crippen molar-refractivity contribution in [3.8, 4) is 11.5 Å². The van der Waals surface area contributed by atoms with Crippen LogP contribution in [0.15, 0.2) is 83.4 Å². The molecule has 0 fully saturated rings. The number of aromatic hydroxyl groups is 1. The number of anilines is 1. The van der Waals surface area contributed by atoms with Crippen LogP contribution in [0.2, 0.25) is 0 Å². The van der Waals surface area contributed by atoms with Gasteiger partial charge in [-0.1, -0.05) is 18.2 Å². The van der Waals surface area contributed by atoms with E-state index in [9.17, 15) is 19.5 Å². The summed E-state index contributed by atoms with van der Waals surface area (Å²) in [6, 6.07) is 19.8. The zero-order valence-electron chi connectivity index (χ0n) is 18.3. The molecule has 0 saturated heterocycles. The summed E-state index contributed by atoms with van der Waals surface area (Å²) in [5, 5.41) is 15.1. The number of hydrogen-bond donors (Lipinski definition) is 4. The Bertz CT molecular complexity index is 1210. The average Bonchev–Trinajstić information content (AvgIpc) is 2.84. The van der Waals surface area contributed by atoms with Crippen molar-refractivity contribution in [3.63, 3.8) is 0 Å². The van der Waals surface area contributed by atoms with E-state index in [0.717, 1.165) is 4.90 Å². The number of carbonyl (C=O) groups is 3. The Hall–Kier alpha value is -4.24. The zero-order chi connectivity index (χ0) is 24.5. The number of methoxy groups -OCH3 is 1. The molecule has 3 aromatic rings. The standard InChI is InChI=1S/C25H23N3O5S/c1-33-22-14-19(29)10-7-17(22)13-21(28-24(31)16-5-3-2-4-6-16)25(32)27-18-8-11-20(12-9-18)34-15-23(26)30/h2-14,29H,15H2,1H3,(H2,26,30)(H,27,32)(H,28,31)/b21-13-. The number of thioether (sulfide) groups is 1. The van der Waals surface area contributed by atoms with E-state index in [-0.39, 0.29) is 17.2 Å². The number of ether oxygens (including phenoxy) is 1. The number of phenolic OH excluding ortho intramolecular Hbond substituents is 1. The van der Waals surface area contributed by atoms with Gasteiger partial charge >= 0.3 is 0 Å². The molecular formula is C25H23N3O5S. The van der Waals surface area contributed by atoms with Gasteiger partial charge in [0.2, 0.25) is 5.91 Å². The maximum absolute atomic E-state index is 13.1. The number of phenols is 1. The van der Waals surface area contributed by atoms with E-state index in [1.165, 1.54) is 37.1 Å². The summed E-state index contributed by atoms with van der Waals surface area (Å²) < 4.78 is 5.28. The Morgan fingerprint density at radius 1 is 1.03 bits per heavy atom. The second kappa shape index (κ2) is 11.6. The van der Waals surface area contributed by atoms with Gasteiger partial charge in [0.1, 0.15) is 17.2 Å². The van der Waals surface area contributed by atoms with Gasteiger partial charge < -0.3 is 26.2 Å². The monoisotopic (exact) mass is 477 g/mol. The molecule has 5 N–H and O–H groups in total. The van der Waals surface area contributed by atoms with Crippen LogP contribution in [-0.2, 0) is 9.59 Å². The fourth-order valence-corrected chi connectivity index (χ4v) is 3.54. The molecule has 9 heteroatoms. The lowest BCUT2D eigenvalue weighted by atomic mass is 10.1. The molecule has 3 amide bonds. The van der Waals surface area contributed by atoms with E-state index in [4.69, 9.17) is 10.5 Å². The van der Waals surface area contributed by atoms with Crippen LogP contribution in [0.3, 0.4) is 0 Å². The summed E-state index contributed by atoms with van der Waals surface area (Å²) >= 11 is 1.29. The second-order valence-corrected chi connectivity index (χ2v) is 8.09. The lowest BCUT2D eigenvalue weighted by Crippen LogP contribution is -2.30. The maximum atomic E-state index is 13.1. The van der Waals surface area contributed by atoms with Crippen LogP contribution in [0.1, 0.15) is 15.9 Å². The minimum Gasteiger partial charge on any atom is -0.508 e. The van der Waals surface area contributed by atoms with Crippen molar-refractivity contribution in [2.24, 2.45) is 5.73 Å². The third-order valence-corrected chi connectivity index (χ3v) is 5.57. The van der Waals surface area contributed by atoms with Crippen molar-refractivity contribution in [1.29, 1.82) is 0 Å². The Kier molecular flexibility index (Phi) is 8.31. The van der Waals surface area contributed by atoms with Crippen molar-refractivity contribution < 1.29 is 24.2 Å². The van der Waals surface area contributed by atoms with Crippen LogP contribution in [0.5, 0.6) is 11.5 Å². The molecule has 0 aromatic heterocycles. The van der Waals surface area contributed by atoms with E-state index in [1.54, 1.807) is 60.7 Å². The molecule has 174 valence electrons. The van der Waals surface area contributed by atoms with E-state index in [2.05, 4.69) is 10.6 Å². The highest BCUT2D eigenvalue weighted by Gasteiger charge is 2.16. The number of amides is 3. The van der Waals surface area contributed by atoms with Gasteiger partial charge in [-0.3, -0.25) is 14.4 Å². The second-order valence-electron chi connectivity index (χ2n) is 7.04. The highest BCUT2D eigenvalue weighted by molar-refractivity contribution is 8.00. The Morgan fingerprint density at radius 3 is 2.38 bits per heavy atom. The number of benzene rings is 3. The lowest BCUT2D eigenvalue weighted by molar-refractivity contribution is -0.115. The topological polar surface area (TPSA) is 131 Å². The average molecular weight is 478 g/mol. The summed E-state index contributed by atoms with van der Waals surface area (Å²) in [5.41, 5.74) is 6.50. The third-order valence-electron chi connectivity index (χ3n) is 4.54. The van der Waals surface area contributed by atoms with Gasteiger partial charge in [-0.05, 0) is 54.6 Å². The quantitative estimate of drug-likeness (QED) is 0.276. The molecule has 0 aliphatic rings. The van der Waals surface area contributed by atoms with Crippen LogP contribution in [0.25, 0.3) is 6.08 Å². The van der Waals surface area contributed by atoms with Gasteiger partial charge in [0, 0.05) is 27.8 Å². The molecule has 0 aliphatic heterocycles. The summed E-state index contributed by atoms with van der Waals surface area (Å²) in [4.78, 5) is 37.6. The van der Waals surface area contributed by atoms with Gasteiger partial charge in [-0.2, -0.15) is 0 Å². The molecular weight excluding hydrogens is 454 g/mol. The first-order valence-electron chi connectivity index (χ1n) is 10.1. The van der Waals surface area contributed by atoms with Crippen LogP contribution >= 0.6 is 11.8 Å². The SMILES string of the molecule is COc1cc(O)ccc1/C=C(\NC(=O)c1ccccc1)C(=O)Nc1ccc(SCC(N)=O)cc1. The Labute approximate surface area is 200 Å². The van der Waals surface area contributed by atoms with Crippen LogP contribution < -0.4 is 21.1 Å². The number of nitrogens with one attached hydrogen (secondary N) is 2. The van der Waals surface area contributed by atoms with Gasteiger partial charge in [0.15, 0.2) is 0 Å². The highest BCUT2D eigenvalue weighted by Crippen LogP contribution is 2.26. The van der Waals surface area contributed by atoms with Crippen LogP contribution in [-0.4, -0.2) is 35.7 Å². The summed E-state index contributed by atoms with van der Waals surface area (Å²) in [6.45, 7) is 0. The number of nitrogens with two attached hydrogens (primary N) is 1. The van der Waals surface area contributed by atoms with E-state index < -0.39 is 17.7 Å². The smallest absolute Gasteiger partial charge is 0.272 e. The summed E-state index contributed by atoms with van der Waals surface area (Å²) in [5.74, 6) is -0.956. The molecule has 34 heavy (non-hydrogen) atoms. The summed E-state index contributed by atoms with van der Waals surface area (Å²) in [7, 11) is 1.44. The van der Waals surface area contributed by atoms with E-state index in [0.29, 0.717) is 22.6 Å². The zero-order valence-corrected chi connectivity index (χ0v) is 19.1. The molecule has 0 heterocycles. The molecule has 0 spiro atoms. The molecule has 0 atom stereocenters. The normalized spacial score (nSPS) is 10.9. The molecule has 3 aromatic carbocycles. The molecule has 3 rings (SSSR count). The van der Waals surface area contributed by atoms with Gasteiger partial charge in [-0.15, -0.1) is 11.8 Å². The lowest BCUT2D eigenvalue weighted by Gasteiger charge is -2.13. The van der Waals surface area contributed by atoms with Crippen molar-refractivity contribution >= 4 is 41.2 Å². The molecule has 0 bridgehead atoms. The number of rotatable bonds is 9. The fraction of sp³-hybridized carbons (Fsp3) is 0.0800. The predicted molar refractivity (Wildman–Crippen MR) is 132 cm³/mol. The van der Waals surface area contributed by atoms with Crippen molar-refractivity contribution in [2.45, 2.75) is 4.90 Å². The first kappa shape index (κ1) is 24.4. The fourth-order valence-electron chi connectivity index (χ4n) is 2.90. The molecule has 8 nitrogen and oxygen atoms in total. The van der Waals surface area contributed by atoms with Gasteiger partial charge in [0.25, 0.3) is 11.8 Å². The Morgan fingerprint density at radius 2 is 1.74 bits per heavy atom. The van der Waals surface area contributed by atoms with Crippen LogP contribution in [0.4, 0.5) is 5.69 Å². The van der Waals surface area contributed by atoms with Crippen molar-refractivity contribution in [3.05, 3.63) is 89.6 Å². The first-order chi connectivity index (χ1) is 16.4. The van der Waals surface area contributed by atoms with Crippen LogP contribution in [0, 0.1) is 0 Å². The largest absolute Gasteiger partial charge is 0.508 e. The summed E-state index contributed by atoms with van der Waals surface area (Å²) in [6.07, 6.45) is 1.46. The van der Waals surface area contributed by atoms with E-state index >= 15 is 0 Å². The molecule has 0 aliphatic carbocycles. The van der Waals surface area contributed by atoms with E-state index in [1.807, 2.05) is 0 Å².